The molecule has 1 atom stereocenters. The van der Waals surface area contributed by atoms with Crippen LogP contribution in [0.5, 0.6) is 17.2 Å². The second-order valence-electron chi connectivity index (χ2n) is 7.84. The van der Waals surface area contributed by atoms with Crippen LogP contribution in [-0.4, -0.2) is 37.4 Å². The molecule has 192 valence electrons. The molecular weight excluding hydrogens is 515 g/mol. The summed E-state index contributed by atoms with van der Waals surface area (Å²) >= 11 is 6.10. The molecule has 0 aliphatic carbocycles. The smallest absolute Gasteiger partial charge is 0.507 e. The first-order valence-corrected chi connectivity index (χ1v) is 11.1. The summed E-state index contributed by atoms with van der Waals surface area (Å²) in [6.45, 7) is 0. The zero-order valence-electron chi connectivity index (χ0n) is 19.4. The summed E-state index contributed by atoms with van der Waals surface area (Å²) in [4.78, 5) is 27.6. The fourth-order valence-corrected chi connectivity index (χ4v) is 4.24. The summed E-state index contributed by atoms with van der Waals surface area (Å²) in [7, 11) is 2.77. The normalized spacial score (nSPS) is 17.1. The molecule has 0 saturated carbocycles. The van der Waals surface area contributed by atoms with Crippen molar-refractivity contribution in [1.82, 2.24) is 0 Å². The second kappa shape index (κ2) is 10.1. The van der Waals surface area contributed by atoms with E-state index in [1.54, 1.807) is 24.3 Å². The molecule has 1 heterocycles. The van der Waals surface area contributed by atoms with Gasteiger partial charge in [0.05, 0.1) is 31.4 Å². The van der Waals surface area contributed by atoms with E-state index in [4.69, 9.17) is 21.1 Å². The van der Waals surface area contributed by atoms with E-state index in [0.717, 1.165) is 17.0 Å². The molecule has 1 unspecified atom stereocenters. The molecule has 1 amide bonds. The van der Waals surface area contributed by atoms with Gasteiger partial charge in [-0.2, -0.15) is 0 Å². The van der Waals surface area contributed by atoms with Crippen molar-refractivity contribution in [1.29, 1.82) is 0 Å². The highest BCUT2D eigenvalue weighted by molar-refractivity contribution is 6.51. The maximum absolute atomic E-state index is 13.3. The summed E-state index contributed by atoms with van der Waals surface area (Å²) in [5, 5.41) is 11.5. The maximum atomic E-state index is 13.3. The van der Waals surface area contributed by atoms with Gasteiger partial charge in [0, 0.05) is 16.8 Å². The third-order valence-corrected chi connectivity index (χ3v) is 5.84. The number of anilines is 1. The predicted molar refractivity (Wildman–Crippen MR) is 129 cm³/mol. The lowest BCUT2D eigenvalue weighted by Crippen LogP contribution is -2.29. The number of halogens is 4. The van der Waals surface area contributed by atoms with Crippen LogP contribution in [0.4, 0.5) is 18.9 Å². The molecule has 1 N–H and O–H groups in total. The first-order valence-electron chi connectivity index (χ1n) is 10.7. The number of Topliss-reactive ketones (excluding diaryl/α,β-unsaturated/α-hetero) is 1. The Morgan fingerprint density at radius 3 is 2.32 bits per heavy atom. The predicted octanol–water partition coefficient (Wildman–Crippen LogP) is 5.88. The number of hydrogen-bond acceptors (Lipinski definition) is 6. The first-order chi connectivity index (χ1) is 17.5. The third kappa shape index (κ3) is 5.19. The van der Waals surface area contributed by atoms with E-state index in [2.05, 4.69) is 4.74 Å². The number of ketones is 1. The van der Waals surface area contributed by atoms with Crippen molar-refractivity contribution >= 4 is 34.7 Å². The van der Waals surface area contributed by atoms with Crippen molar-refractivity contribution in [2.75, 3.05) is 19.1 Å². The molecule has 11 heteroatoms. The van der Waals surface area contributed by atoms with Crippen molar-refractivity contribution in [3.8, 4) is 17.2 Å². The van der Waals surface area contributed by atoms with Gasteiger partial charge >= 0.3 is 6.36 Å². The van der Waals surface area contributed by atoms with E-state index >= 15 is 0 Å². The second-order valence-corrected chi connectivity index (χ2v) is 8.27. The van der Waals surface area contributed by atoms with Gasteiger partial charge in [-0.05, 0) is 48.0 Å². The Balaban J connectivity index is 1.96. The van der Waals surface area contributed by atoms with Crippen molar-refractivity contribution < 1.29 is 42.1 Å². The number of aliphatic hydroxyl groups excluding tert-OH is 1. The number of carbonyl (C=O) groups is 2. The highest BCUT2D eigenvalue weighted by Crippen LogP contribution is 2.45. The summed E-state index contributed by atoms with van der Waals surface area (Å²) in [5.41, 5.74) is 0.0213. The maximum Gasteiger partial charge on any atom is 0.573 e. The quantitative estimate of drug-likeness (QED) is 0.242. The minimum Gasteiger partial charge on any atom is -0.507 e. The third-order valence-electron chi connectivity index (χ3n) is 5.60. The zero-order valence-corrected chi connectivity index (χ0v) is 20.1. The molecule has 0 aromatic heterocycles. The topological polar surface area (TPSA) is 85.3 Å². The van der Waals surface area contributed by atoms with Crippen LogP contribution in [0.15, 0.2) is 72.3 Å². The number of ether oxygens (including phenoxy) is 3. The Kier molecular flexibility index (Phi) is 7.04. The van der Waals surface area contributed by atoms with Crippen molar-refractivity contribution in [2.45, 2.75) is 12.4 Å². The van der Waals surface area contributed by atoms with E-state index in [1.807, 2.05) is 0 Å². The number of aliphatic hydroxyl groups is 1. The molecule has 1 aliphatic rings. The lowest BCUT2D eigenvalue weighted by molar-refractivity contribution is -0.274. The molecular formula is C26H19ClF3NO6. The van der Waals surface area contributed by atoms with Gasteiger partial charge in [-0.15, -0.1) is 13.2 Å². The molecule has 0 spiro atoms. The number of carbonyl (C=O) groups excluding carboxylic acids is 2. The standard InChI is InChI=1S/C26H19ClF3NO6/c1-35-17-7-3-5-14(11-17)22-21(23(32)19-12-15(27)9-10-20(19)36-2)24(33)25(34)31(22)16-6-4-8-18(13-16)37-26(28,29)30/h3-13,22,32H,1-2H3/b23-21+. The number of benzene rings is 3. The van der Waals surface area contributed by atoms with Gasteiger partial charge in [-0.25, -0.2) is 0 Å². The van der Waals surface area contributed by atoms with Gasteiger partial charge in [-0.1, -0.05) is 29.8 Å². The van der Waals surface area contributed by atoms with E-state index in [-0.39, 0.29) is 27.6 Å². The summed E-state index contributed by atoms with van der Waals surface area (Å²) < 4.78 is 53.1. The number of nitrogens with zero attached hydrogens (tertiary/aromatic N) is 1. The Hall–Kier alpha value is -4.18. The molecule has 1 fully saturated rings. The van der Waals surface area contributed by atoms with Crippen LogP contribution >= 0.6 is 11.6 Å². The van der Waals surface area contributed by atoms with Crippen molar-refractivity contribution in [3.05, 3.63) is 88.5 Å². The van der Waals surface area contributed by atoms with Crippen LogP contribution in [0.1, 0.15) is 17.2 Å². The number of rotatable bonds is 6. The van der Waals surface area contributed by atoms with Gasteiger partial charge in [0.25, 0.3) is 11.7 Å². The fourth-order valence-electron chi connectivity index (χ4n) is 4.07. The molecule has 7 nitrogen and oxygen atoms in total. The number of hydrogen-bond donors (Lipinski definition) is 1. The Morgan fingerprint density at radius 2 is 1.65 bits per heavy atom. The van der Waals surface area contributed by atoms with Gasteiger partial charge in [0.1, 0.15) is 23.0 Å². The van der Waals surface area contributed by atoms with Crippen LogP contribution in [0.3, 0.4) is 0 Å². The molecule has 0 radical (unpaired) electrons. The summed E-state index contributed by atoms with van der Waals surface area (Å²) in [5.74, 6) is -2.73. The Labute approximate surface area is 214 Å². The van der Waals surface area contributed by atoms with Crippen LogP contribution < -0.4 is 19.1 Å². The molecule has 3 aromatic carbocycles. The van der Waals surface area contributed by atoms with Crippen LogP contribution in [0.2, 0.25) is 5.02 Å². The summed E-state index contributed by atoms with van der Waals surface area (Å²) in [6, 6.07) is 14.1. The average molecular weight is 534 g/mol. The lowest BCUT2D eigenvalue weighted by atomic mass is 9.94. The molecule has 4 rings (SSSR count). The van der Waals surface area contributed by atoms with E-state index < -0.39 is 35.6 Å². The zero-order chi connectivity index (χ0) is 26.9. The van der Waals surface area contributed by atoms with E-state index in [9.17, 15) is 27.9 Å². The molecule has 37 heavy (non-hydrogen) atoms. The highest BCUT2D eigenvalue weighted by atomic mass is 35.5. The Bertz CT molecular complexity index is 1410. The minimum absolute atomic E-state index is 0.0510. The Morgan fingerprint density at radius 1 is 0.946 bits per heavy atom. The lowest BCUT2D eigenvalue weighted by Gasteiger charge is -2.26. The SMILES string of the molecule is COc1cccc(C2/C(=C(\O)c3cc(Cl)ccc3OC)C(=O)C(=O)N2c2cccc(OC(F)(F)F)c2)c1. The molecule has 1 saturated heterocycles. The average Bonchev–Trinajstić information content (AvgIpc) is 3.13. The number of amides is 1. The molecule has 0 bridgehead atoms. The van der Waals surface area contributed by atoms with Gasteiger partial charge < -0.3 is 19.3 Å². The monoisotopic (exact) mass is 533 g/mol. The number of alkyl halides is 3. The number of methoxy groups -OCH3 is 2. The van der Waals surface area contributed by atoms with E-state index in [1.165, 1.54) is 44.6 Å². The first kappa shape index (κ1) is 25.9. The minimum atomic E-state index is -4.97. The largest absolute Gasteiger partial charge is 0.573 e. The fraction of sp³-hybridized carbons (Fsp3) is 0.154. The van der Waals surface area contributed by atoms with E-state index in [0.29, 0.717) is 11.3 Å². The van der Waals surface area contributed by atoms with Gasteiger partial charge in [0.2, 0.25) is 0 Å². The van der Waals surface area contributed by atoms with Crippen LogP contribution in [0, 0.1) is 0 Å². The van der Waals surface area contributed by atoms with Crippen molar-refractivity contribution in [3.63, 3.8) is 0 Å². The van der Waals surface area contributed by atoms with Gasteiger partial charge in [0.15, 0.2) is 0 Å². The van der Waals surface area contributed by atoms with Gasteiger partial charge in [-0.3, -0.25) is 14.5 Å². The molecule has 1 aliphatic heterocycles. The van der Waals surface area contributed by atoms with Crippen molar-refractivity contribution in [2.24, 2.45) is 0 Å². The highest BCUT2D eigenvalue weighted by Gasteiger charge is 2.47. The van der Waals surface area contributed by atoms with Crippen LogP contribution in [-0.2, 0) is 9.59 Å². The van der Waals surface area contributed by atoms with Crippen LogP contribution in [0.25, 0.3) is 5.76 Å². The molecule has 3 aromatic rings. The summed E-state index contributed by atoms with van der Waals surface area (Å²) in [6.07, 6.45) is -4.97.